The summed E-state index contributed by atoms with van der Waals surface area (Å²) in [6.45, 7) is 4.67. The number of aliphatic hydroxyl groups excluding tert-OH is 1. The van der Waals surface area contributed by atoms with Gasteiger partial charge >= 0.3 is 6.03 Å². The summed E-state index contributed by atoms with van der Waals surface area (Å²) in [5, 5.41) is 13.0. The number of benzene rings is 1. The van der Waals surface area contributed by atoms with E-state index in [-0.39, 0.29) is 49.1 Å². The standard InChI is InChI=1S/C26H42N4O4/c1-18-15-30(19(2)17-31)25(32)14-20-13-22(28(3)4)11-12-23(20)34-24(18)16-29(5)26(33)27-21-9-7-6-8-10-21/h11-13,18-19,21,24,31H,6-10,14-17H2,1-5H3,(H,27,33)/t18-,19-,24-/m1/s1. The van der Waals surface area contributed by atoms with Crippen LogP contribution < -0.4 is 15.0 Å². The molecule has 0 radical (unpaired) electrons. The fraction of sp³-hybridized carbons (Fsp3) is 0.692. The predicted molar refractivity (Wildman–Crippen MR) is 134 cm³/mol. The summed E-state index contributed by atoms with van der Waals surface area (Å²) >= 11 is 0. The average molecular weight is 475 g/mol. The Morgan fingerprint density at radius 3 is 2.59 bits per heavy atom. The van der Waals surface area contributed by atoms with Gasteiger partial charge in [0.05, 0.1) is 25.6 Å². The third kappa shape index (κ3) is 6.56. The van der Waals surface area contributed by atoms with Gasteiger partial charge in [0, 0.05) is 50.9 Å². The molecule has 0 bridgehead atoms. The minimum atomic E-state index is -0.301. The van der Waals surface area contributed by atoms with Crippen LogP contribution in [0.5, 0.6) is 5.75 Å². The number of rotatable bonds is 6. The molecule has 1 saturated carbocycles. The van der Waals surface area contributed by atoms with Crippen molar-refractivity contribution in [1.29, 1.82) is 0 Å². The van der Waals surface area contributed by atoms with Crippen LogP contribution in [-0.2, 0) is 11.2 Å². The number of aliphatic hydroxyl groups is 1. The normalized spacial score (nSPS) is 22.5. The van der Waals surface area contributed by atoms with E-state index in [1.807, 2.05) is 51.0 Å². The van der Waals surface area contributed by atoms with Gasteiger partial charge in [0.1, 0.15) is 11.9 Å². The first-order chi connectivity index (χ1) is 16.2. The van der Waals surface area contributed by atoms with Gasteiger partial charge in [-0.1, -0.05) is 26.2 Å². The monoisotopic (exact) mass is 474 g/mol. The second kappa shape index (κ2) is 11.8. The molecule has 34 heavy (non-hydrogen) atoms. The van der Waals surface area contributed by atoms with Gasteiger partial charge < -0.3 is 29.9 Å². The predicted octanol–water partition coefficient (Wildman–Crippen LogP) is 2.88. The molecule has 2 aliphatic rings. The van der Waals surface area contributed by atoms with Crippen LogP contribution in [0.2, 0.25) is 0 Å². The van der Waals surface area contributed by atoms with Gasteiger partial charge in [0.15, 0.2) is 0 Å². The molecule has 1 fully saturated rings. The van der Waals surface area contributed by atoms with Crippen LogP contribution in [-0.4, -0.2) is 85.9 Å². The minimum Gasteiger partial charge on any atom is -0.488 e. The van der Waals surface area contributed by atoms with Crippen molar-refractivity contribution in [3.8, 4) is 5.75 Å². The number of hydrogen-bond donors (Lipinski definition) is 2. The zero-order chi connectivity index (χ0) is 24.8. The fourth-order valence-electron chi connectivity index (χ4n) is 4.80. The van der Waals surface area contributed by atoms with E-state index in [4.69, 9.17) is 4.74 Å². The number of urea groups is 1. The van der Waals surface area contributed by atoms with E-state index < -0.39 is 0 Å². The molecule has 2 N–H and O–H groups in total. The number of likely N-dealkylation sites (N-methyl/N-ethyl adjacent to an activating group) is 1. The Morgan fingerprint density at radius 1 is 1.24 bits per heavy atom. The molecule has 1 aliphatic carbocycles. The van der Waals surface area contributed by atoms with Crippen molar-refractivity contribution in [2.24, 2.45) is 5.92 Å². The van der Waals surface area contributed by atoms with Crippen LogP contribution in [0.1, 0.15) is 51.5 Å². The van der Waals surface area contributed by atoms with E-state index in [1.54, 1.807) is 16.8 Å². The Labute approximate surface area is 204 Å². The lowest BCUT2D eigenvalue weighted by atomic mass is 9.96. The van der Waals surface area contributed by atoms with Crippen LogP contribution in [0.4, 0.5) is 10.5 Å². The van der Waals surface area contributed by atoms with Crippen LogP contribution in [0.15, 0.2) is 18.2 Å². The lowest BCUT2D eigenvalue weighted by Gasteiger charge is -2.34. The van der Waals surface area contributed by atoms with Crippen LogP contribution in [0.3, 0.4) is 0 Å². The second-order valence-electron chi connectivity index (χ2n) is 10.2. The van der Waals surface area contributed by atoms with Gasteiger partial charge in [-0.25, -0.2) is 4.79 Å². The van der Waals surface area contributed by atoms with Gasteiger partial charge in [-0.15, -0.1) is 0 Å². The minimum absolute atomic E-state index is 0.0294. The van der Waals surface area contributed by atoms with Crippen molar-refractivity contribution >= 4 is 17.6 Å². The number of nitrogens with zero attached hydrogens (tertiary/aromatic N) is 3. The second-order valence-corrected chi connectivity index (χ2v) is 10.2. The first-order valence-electron chi connectivity index (χ1n) is 12.6. The number of carbonyl (C=O) groups excluding carboxylic acids is 2. The third-order valence-electron chi connectivity index (χ3n) is 7.15. The topological polar surface area (TPSA) is 85.4 Å². The first-order valence-corrected chi connectivity index (χ1v) is 12.6. The summed E-state index contributed by atoms with van der Waals surface area (Å²) in [5.74, 6) is 0.607. The van der Waals surface area contributed by atoms with Gasteiger partial charge in [0.25, 0.3) is 0 Å². The molecule has 1 aliphatic heterocycles. The highest BCUT2D eigenvalue weighted by atomic mass is 16.5. The van der Waals surface area contributed by atoms with E-state index in [0.29, 0.717) is 18.8 Å². The van der Waals surface area contributed by atoms with Gasteiger partial charge in [-0.05, 0) is 38.0 Å². The maximum Gasteiger partial charge on any atom is 0.317 e. The van der Waals surface area contributed by atoms with E-state index >= 15 is 0 Å². The van der Waals surface area contributed by atoms with Crippen molar-refractivity contribution < 1.29 is 19.4 Å². The highest BCUT2D eigenvalue weighted by Crippen LogP contribution is 2.30. The van der Waals surface area contributed by atoms with E-state index in [9.17, 15) is 14.7 Å². The Morgan fingerprint density at radius 2 is 1.94 bits per heavy atom. The molecule has 190 valence electrons. The zero-order valence-corrected chi connectivity index (χ0v) is 21.4. The molecule has 3 rings (SSSR count). The molecule has 8 nitrogen and oxygen atoms in total. The molecule has 1 aromatic rings. The van der Waals surface area contributed by atoms with E-state index in [0.717, 1.165) is 36.9 Å². The van der Waals surface area contributed by atoms with Gasteiger partial charge in [0.2, 0.25) is 5.91 Å². The van der Waals surface area contributed by atoms with Crippen LogP contribution in [0.25, 0.3) is 0 Å². The molecule has 0 unspecified atom stereocenters. The van der Waals surface area contributed by atoms with Gasteiger partial charge in [-0.3, -0.25) is 4.79 Å². The smallest absolute Gasteiger partial charge is 0.317 e. The summed E-state index contributed by atoms with van der Waals surface area (Å²) in [5.41, 5.74) is 1.81. The molecule has 1 heterocycles. The van der Waals surface area contributed by atoms with E-state index in [1.165, 1.54) is 6.42 Å². The molecule has 8 heteroatoms. The molecule has 0 aromatic heterocycles. The molecular formula is C26H42N4O4. The van der Waals surface area contributed by atoms with Crippen molar-refractivity contribution in [2.75, 3.05) is 45.7 Å². The molecule has 0 spiro atoms. The van der Waals surface area contributed by atoms with Crippen molar-refractivity contribution in [2.45, 2.75) is 70.6 Å². The van der Waals surface area contributed by atoms with Crippen molar-refractivity contribution in [3.05, 3.63) is 23.8 Å². The number of amides is 3. The Kier molecular flexibility index (Phi) is 9.05. The largest absolute Gasteiger partial charge is 0.488 e. The molecule has 3 amide bonds. The quantitative estimate of drug-likeness (QED) is 0.662. The Bertz CT molecular complexity index is 840. The zero-order valence-electron chi connectivity index (χ0n) is 21.4. The molecule has 0 saturated heterocycles. The molecular weight excluding hydrogens is 432 g/mol. The number of ether oxygens (including phenoxy) is 1. The maximum absolute atomic E-state index is 13.2. The number of nitrogens with one attached hydrogen (secondary N) is 1. The number of anilines is 1. The summed E-state index contributed by atoms with van der Waals surface area (Å²) in [7, 11) is 5.73. The van der Waals surface area contributed by atoms with E-state index in [2.05, 4.69) is 5.32 Å². The van der Waals surface area contributed by atoms with Gasteiger partial charge in [-0.2, -0.15) is 0 Å². The average Bonchev–Trinajstić information content (AvgIpc) is 2.86. The Balaban J connectivity index is 1.83. The number of fused-ring (bicyclic) bond motifs is 1. The fourth-order valence-corrected chi connectivity index (χ4v) is 4.80. The number of hydrogen-bond acceptors (Lipinski definition) is 5. The lowest BCUT2D eigenvalue weighted by molar-refractivity contribution is -0.134. The first kappa shape index (κ1) is 26.1. The highest BCUT2D eigenvalue weighted by molar-refractivity contribution is 5.80. The SMILES string of the molecule is C[C@@H]1CN([C@H](C)CO)C(=O)Cc2cc(N(C)C)ccc2O[C@@H]1CN(C)C(=O)NC1CCCCC1. The lowest BCUT2D eigenvalue weighted by Crippen LogP contribution is -2.50. The summed E-state index contributed by atoms with van der Waals surface area (Å²) in [6.07, 6.45) is 5.54. The van der Waals surface area contributed by atoms with Crippen LogP contribution >= 0.6 is 0 Å². The summed E-state index contributed by atoms with van der Waals surface area (Å²) in [6, 6.07) is 5.76. The maximum atomic E-state index is 13.2. The molecule has 1 aromatic carbocycles. The third-order valence-corrected chi connectivity index (χ3v) is 7.15. The summed E-state index contributed by atoms with van der Waals surface area (Å²) in [4.78, 5) is 31.6. The molecule has 3 atom stereocenters. The van der Waals surface area contributed by atoms with Crippen molar-refractivity contribution in [3.63, 3.8) is 0 Å². The van der Waals surface area contributed by atoms with Crippen molar-refractivity contribution in [1.82, 2.24) is 15.1 Å². The number of carbonyl (C=O) groups is 2. The van der Waals surface area contributed by atoms with Crippen LogP contribution in [0, 0.1) is 5.92 Å². The summed E-state index contributed by atoms with van der Waals surface area (Å²) < 4.78 is 6.50. The Hall–Kier alpha value is -2.48. The highest BCUT2D eigenvalue weighted by Gasteiger charge is 2.32.